The Labute approximate surface area is 143 Å². The first-order chi connectivity index (χ1) is 11.1. The monoisotopic (exact) mass is 345 g/mol. The largest absolute Gasteiger partial charge is 0.385 e. The van der Waals surface area contributed by atoms with Gasteiger partial charge in [-0.2, -0.15) is 5.10 Å². The number of rotatable bonds is 3. The van der Waals surface area contributed by atoms with E-state index in [0.29, 0.717) is 10.0 Å². The number of hydrogen-bond acceptors (Lipinski definition) is 4. The molecule has 2 aromatic carbocycles. The van der Waals surface area contributed by atoms with E-state index in [9.17, 15) is 4.79 Å². The Bertz CT molecular complexity index is 782. The summed E-state index contributed by atoms with van der Waals surface area (Å²) in [6.07, 6.45) is 3.40. The predicted molar refractivity (Wildman–Crippen MR) is 94.0 cm³/mol. The molecule has 0 fully saturated rings. The van der Waals surface area contributed by atoms with E-state index in [1.165, 1.54) is 0 Å². The number of para-hydroxylation sites is 1. The van der Waals surface area contributed by atoms with E-state index < -0.39 is 5.92 Å². The number of carbonyl (C=O) groups excluding carboxylic acids is 1. The zero-order valence-electron chi connectivity index (χ0n) is 12.0. The van der Waals surface area contributed by atoms with Crippen LogP contribution in [0.25, 0.3) is 0 Å². The van der Waals surface area contributed by atoms with E-state index in [4.69, 9.17) is 28.9 Å². The Morgan fingerprint density at radius 2 is 1.70 bits per heavy atom. The fourth-order valence-corrected chi connectivity index (χ4v) is 2.90. The van der Waals surface area contributed by atoms with E-state index in [1.807, 2.05) is 30.3 Å². The summed E-state index contributed by atoms with van der Waals surface area (Å²) >= 11 is 12.2. The number of amidine groups is 1. The lowest BCUT2D eigenvalue weighted by atomic mass is 9.95. The first-order valence-corrected chi connectivity index (χ1v) is 7.68. The van der Waals surface area contributed by atoms with E-state index in [-0.39, 0.29) is 17.2 Å². The van der Waals surface area contributed by atoms with Crippen LogP contribution in [0.1, 0.15) is 10.4 Å². The van der Waals surface area contributed by atoms with Crippen LogP contribution >= 0.6 is 23.2 Å². The molecule has 1 aliphatic rings. The van der Waals surface area contributed by atoms with Crippen LogP contribution in [-0.2, 0) is 0 Å². The minimum absolute atomic E-state index is 0.192. The molecule has 0 aliphatic carbocycles. The van der Waals surface area contributed by atoms with Crippen molar-refractivity contribution in [3.05, 3.63) is 76.4 Å². The van der Waals surface area contributed by atoms with Crippen LogP contribution < -0.4 is 10.7 Å². The van der Waals surface area contributed by atoms with Gasteiger partial charge in [-0.05, 0) is 30.3 Å². The molecule has 23 heavy (non-hydrogen) atoms. The fourth-order valence-electron chi connectivity index (χ4n) is 2.32. The van der Waals surface area contributed by atoms with E-state index >= 15 is 0 Å². The highest BCUT2D eigenvalue weighted by Gasteiger charge is 2.28. The summed E-state index contributed by atoms with van der Waals surface area (Å²) in [6.45, 7) is 0. The molecule has 2 N–H and O–H groups in total. The number of halogens is 2. The minimum atomic E-state index is -0.688. The third kappa shape index (κ3) is 3.09. The van der Waals surface area contributed by atoms with Crippen LogP contribution in [0.2, 0.25) is 10.0 Å². The summed E-state index contributed by atoms with van der Waals surface area (Å²) < 4.78 is 0. The van der Waals surface area contributed by atoms with E-state index in [1.54, 1.807) is 35.5 Å². The lowest BCUT2D eigenvalue weighted by Crippen LogP contribution is -2.35. The molecule has 1 aliphatic heterocycles. The third-order valence-corrected chi connectivity index (χ3v) is 4.10. The highest BCUT2D eigenvalue weighted by atomic mass is 35.5. The van der Waals surface area contributed by atoms with Gasteiger partial charge >= 0.3 is 0 Å². The van der Waals surface area contributed by atoms with Crippen molar-refractivity contribution in [3.8, 4) is 0 Å². The lowest BCUT2D eigenvalue weighted by Gasteiger charge is -2.23. The molecule has 0 saturated carbocycles. The number of nitrogens with two attached hydrogens (primary N) is 1. The van der Waals surface area contributed by atoms with Gasteiger partial charge in [0.15, 0.2) is 5.78 Å². The topological polar surface area (TPSA) is 58.7 Å². The number of nitrogens with zero attached hydrogens (tertiary/aromatic N) is 2. The van der Waals surface area contributed by atoms with Crippen molar-refractivity contribution in [1.29, 1.82) is 0 Å². The van der Waals surface area contributed by atoms with Crippen LogP contribution in [0.5, 0.6) is 0 Å². The van der Waals surface area contributed by atoms with Crippen LogP contribution in [0.15, 0.2) is 65.9 Å². The first kappa shape index (κ1) is 15.6. The van der Waals surface area contributed by atoms with Crippen LogP contribution in [0.4, 0.5) is 5.69 Å². The maximum absolute atomic E-state index is 12.7. The van der Waals surface area contributed by atoms with Crippen molar-refractivity contribution in [3.63, 3.8) is 0 Å². The summed E-state index contributed by atoms with van der Waals surface area (Å²) in [5.41, 5.74) is 7.11. The van der Waals surface area contributed by atoms with Crippen molar-refractivity contribution in [1.82, 2.24) is 0 Å². The third-order valence-electron chi connectivity index (χ3n) is 3.47. The fraction of sp³-hybridized carbons (Fsp3) is 0.0588. The molecule has 4 nitrogen and oxygen atoms in total. The van der Waals surface area contributed by atoms with Crippen molar-refractivity contribution in [2.45, 2.75) is 0 Å². The number of ketones is 1. The standard InChI is InChI=1S/C17H13Cl2N3O/c18-13-7-4-8-14(19)15(13)16(23)12-9-10-22(21-17(12)20)11-5-2-1-3-6-11/h1-10,12H,(H2,20,21). The molecule has 1 unspecified atom stereocenters. The normalized spacial score (nSPS) is 17.0. The summed E-state index contributed by atoms with van der Waals surface area (Å²) in [5.74, 6) is -0.768. The number of hydrogen-bond donors (Lipinski definition) is 1. The summed E-state index contributed by atoms with van der Waals surface area (Å²) in [5, 5.41) is 6.49. The molecule has 116 valence electrons. The number of benzene rings is 2. The molecule has 0 aromatic heterocycles. The maximum atomic E-state index is 12.7. The lowest BCUT2D eigenvalue weighted by molar-refractivity contribution is 0.0971. The highest BCUT2D eigenvalue weighted by molar-refractivity contribution is 6.40. The molecule has 3 rings (SSSR count). The average Bonchev–Trinajstić information content (AvgIpc) is 2.55. The predicted octanol–water partition coefficient (Wildman–Crippen LogP) is 4.10. The summed E-state index contributed by atoms with van der Waals surface area (Å²) in [7, 11) is 0. The van der Waals surface area contributed by atoms with E-state index in [2.05, 4.69) is 5.10 Å². The van der Waals surface area contributed by atoms with Gasteiger partial charge in [0.2, 0.25) is 0 Å². The molecule has 0 amide bonds. The summed E-state index contributed by atoms with van der Waals surface area (Å²) in [6, 6.07) is 14.4. The molecule has 0 spiro atoms. The Kier molecular flexibility index (Phi) is 4.37. The second-order valence-corrected chi connectivity index (χ2v) is 5.80. The molecule has 0 radical (unpaired) electrons. The Morgan fingerprint density at radius 3 is 2.30 bits per heavy atom. The molecule has 6 heteroatoms. The number of carbonyl (C=O) groups is 1. The zero-order chi connectivity index (χ0) is 16.4. The zero-order valence-corrected chi connectivity index (χ0v) is 13.5. The van der Waals surface area contributed by atoms with Crippen LogP contribution in [0, 0.1) is 5.92 Å². The van der Waals surface area contributed by atoms with Gasteiger partial charge in [0, 0.05) is 6.20 Å². The summed E-state index contributed by atoms with van der Waals surface area (Å²) in [4.78, 5) is 12.7. The van der Waals surface area contributed by atoms with E-state index in [0.717, 1.165) is 5.69 Å². The highest BCUT2D eigenvalue weighted by Crippen LogP contribution is 2.29. The maximum Gasteiger partial charge on any atom is 0.180 e. The van der Waals surface area contributed by atoms with Crippen LogP contribution in [-0.4, -0.2) is 11.6 Å². The van der Waals surface area contributed by atoms with Crippen molar-refractivity contribution < 1.29 is 4.79 Å². The Morgan fingerprint density at radius 1 is 1.04 bits per heavy atom. The number of anilines is 1. The first-order valence-electron chi connectivity index (χ1n) is 6.92. The quantitative estimate of drug-likeness (QED) is 0.852. The molecule has 0 saturated heterocycles. The van der Waals surface area contributed by atoms with Gasteiger partial charge in [0.05, 0.1) is 21.3 Å². The minimum Gasteiger partial charge on any atom is -0.385 e. The average molecular weight is 346 g/mol. The van der Waals surface area contributed by atoms with Gasteiger partial charge in [0.25, 0.3) is 0 Å². The smallest absolute Gasteiger partial charge is 0.180 e. The van der Waals surface area contributed by atoms with Crippen molar-refractivity contribution >= 4 is 40.5 Å². The molecular formula is C17H13Cl2N3O. The Hall–Kier alpha value is -2.30. The van der Waals surface area contributed by atoms with Gasteiger partial charge in [-0.25, -0.2) is 5.01 Å². The SMILES string of the molecule is NC1=NN(c2ccccc2)C=CC1C(=O)c1c(Cl)cccc1Cl. The van der Waals surface area contributed by atoms with Crippen molar-refractivity contribution in [2.24, 2.45) is 16.8 Å². The molecule has 1 atom stereocenters. The second kappa shape index (κ2) is 6.44. The van der Waals surface area contributed by atoms with Gasteiger partial charge in [-0.1, -0.05) is 47.5 Å². The number of Topliss-reactive ketones (excluding diaryl/α,β-unsaturated/α-hetero) is 1. The number of hydrazone groups is 1. The molecule has 0 bridgehead atoms. The molecule has 2 aromatic rings. The van der Waals surface area contributed by atoms with Gasteiger partial charge in [0.1, 0.15) is 11.8 Å². The van der Waals surface area contributed by atoms with Crippen molar-refractivity contribution in [2.75, 3.05) is 5.01 Å². The van der Waals surface area contributed by atoms with Crippen LogP contribution in [0.3, 0.4) is 0 Å². The Balaban J connectivity index is 1.89. The second-order valence-electron chi connectivity index (χ2n) is 4.99. The van der Waals surface area contributed by atoms with Gasteiger partial charge in [-0.15, -0.1) is 0 Å². The molecule has 1 heterocycles. The molecular weight excluding hydrogens is 333 g/mol. The van der Waals surface area contributed by atoms with Gasteiger partial charge in [-0.3, -0.25) is 4.79 Å². The van der Waals surface area contributed by atoms with Gasteiger partial charge < -0.3 is 5.73 Å².